The molecule has 1 aliphatic carbocycles. The van der Waals surface area contributed by atoms with Crippen molar-refractivity contribution in [3.8, 4) is 0 Å². The summed E-state index contributed by atoms with van der Waals surface area (Å²) in [4.78, 5) is 31.5. The van der Waals surface area contributed by atoms with Crippen molar-refractivity contribution in [2.45, 2.75) is 51.5 Å². The van der Waals surface area contributed by atoms with Crippen LogP contribution in [0.4, 0.5) is 5.69 Å². The molecular formula is C24H37N3O2. The lowest BCUT2D eigenvalue weighted by Gasteiger charge is -2.47. The highest BCUT2D eigenvalue weighted by Gasteiger charge is 2.39. The molecular weight excluding hydrogens is 362 g/mol. The molecule has 1 saturated carbocycles. The van der Waals surface area contributed by atoms with Gasteiger partial charge in [-0.1, -0.05) is 25.1 Å². The van der Waals surface area contributed by atoms with E-state index in [1.165, 1.54) is 5.69 Å². The largest absolute Gasteiger partial charge is 0.373 e. The lowest BCUT2D eigenvalue weighted by molar-refractivity contribution is -0.132. The summed E-state index contributed by atoms with van der Waals surface area (Å²) in [5.41, 5.74) is 1.17. The number of nitrogens with zero attached hydrogens (tertiary/aromatic N) is 3. The van der Waals surface area contributed by atoms with E-state index >= 15 is 0 Å². The van der Waals surface area contributed by atoms with E-state index in [4.69, 9.17) is 0 Å². The maximum absolute atomic E-state index is 12.9. The molecule has 0 spiro atoms. The van der Waals surface area contributed by atoms with Crippen LogP contribution in [0.15, 0.2) is 30.3 Å². The summed E-state index contributed by atoms with van der Waals surface area (Å²) in [7, 11) is 3.98. The van der Waals surface area contributed by atoms with Crippen LogP contribution >= 0.6 is 0 Å². The third-order valence-corrected chi connectivity index (χ3v) is 6.72. The van der Waals surface area contributed by atoms with Gasteiger partial charge in [-0.05, 0) is 49.8 Å². The quantitative estimate of drug-likeness (QED) is 0.672. The average molecular weight is 400 g/mol. The highest BCUT2D eigenvalue weighted by molar-refractivity contribution is 5.79. The topological polar surface area (TPSA) is 43.9 Å². The number of likely N-dealkylation sites (tertiary alicyclic amines) is 1. The molecule has 3 rings (SSSR count). The van der Waals surface area contributed by atoms with Crippen molar-refractivity contribution in [1.82, 2.24) is 9.80 Å². The molecule has 0 bridgehead atoms. The third-order valence-electron chi connectivity index (χ3n) is 6.72. The number of fused-ring (bicyclic) bond motifs is 1. The Morgan fingerprint density at radius 3 is 2.66 bits per heavy atom. The minimum atomic E-state index is 0.230. The standard InChI is InChI=1S/C24H37N3O2/c1-4-12-27-18-19(15-20-17-22(28)10-11-23(20)27)16-24(29)26(3)14-13-25(2)21-8-6-5-7-9-21/h5-9,19-20,23H,4,10-18H2,1-3H3/t19-,20-,23-/m1/s1. The van der Waals surface area contributed by atoms with Gasteiger partial charge in [0.1, 0.15) is 5.78 Å². The number of hydrogen-bond donors (Lipinski definition) is 0. The molecule has 0 radical (unpaired) electrons. The van der Waals surface area contributed by atoms with Crippen molar-refractivity contribution in [2.24, 2.45) is 11.8 Å². The van der Waals surface area contributed by atoms with Crippen LogP contribution in [0.1, 0.15) is 45.4 Å². The zero-order valence-electron chi connectivity index (χ0n) is 18.3. The number of ketones is 1. The number of carbonyl (C=O) groups is 2. The fourth-order valence-corrected chi connectivity index (χ4v) is 5.10. The Bertz CT molecular complexity index is 678. The average Bonchev–Trinajstić information content (AvgIpc) is 2.72. The van der Waals surface area contributed by atoms with Crippen LogP contribution in [-0.2, 0) is 9.59 Å². The van der Waals surface area contributed by atoms with Crippen LogP contribution in [0, 0.1) is 11.8 Å². The van der Waals surface area contributed by atoms with E-state index in [-0.39, 0.29) is 5.91 Å². The van der Waals surface area contributed by atoms with Gasteiger partial charge >= 0.3 is 0 Å². The highest BCUT2D eigenvalue weighted by Crippen LogP contribution is 2.37. The Labute approximate surface area is 176 Å². The van der Waals surface area contributed by atoms with E-state index in [0.717, 1.165) is 51.9 Å². The second-order valence-electron chi connectivity index (χ2n) is 8.98. The number of para-hydroxylation sites is 1. The molecule has 29 heavy (non-hydrogen) atoms. The van der Waals surface area contributed by atoms with Gasteiger partial charge in [-0.2, -0.15) is 0 Å². The third kappa shape index (κ3) is 5.81. The smallest absolute Gasteiger partial charge is 0.222 e. The normalized spacial score (nSPS) is 24.8. The van der Waals surface area contributed by atoms with Crippen molar-refractivity contribution in [3.63, 3.8) is 0 Å². The minimum Gasteiger partial charge on any atom is -0.373 e. The van der Waals surface area contributed by atoms with E-state index in [1.54, 1.807) is 0 Å². The van der Waals surface area contributed by atoms with Gasteiger partial charge in [0, 0.05) is 64.7 Å². The van der Waals surface area contributed by atoms with Crippen LogP contribution in [0.5, 0.6) is 0 Å². The molecule has 2 fully saturated rings. The molecule has 5 heteroatoms. The van der Waals surface area contributed by atoms with E-state index in [1.807, 2.05) is 30.1 Å². The molecule has 1 aromatic carbocycles. The van der Waals surface area contributed by atoms with Gasteiger partial charge in [-0.15, -0.1) is 0 Å². The van der Waals surface area contributed by atoms with Gasteiger partial charge in [0.2, 0.25) is 5.91 Å². The maximum atomic E-state index is 12.9. The van der Waals surface area contributed by atoms with Crippen LogP contribution in [0.2, 0.25) is 0 Å². The number of likely N-dealkylation sites (N-methyl/N-ethyl adjacent to an activating group) is 2. The van der Waals surface area contributed by atoms with Crippen molar-refractivity contribution in [3.05, 3.63) is 30.3 Å². The summed E-state index contributed by atoms with van der Waals surface area (Å²) in [5, 5.41) is 0. The Hall–Kier alpha value is -1.88. The lowest BCUT2D eigenvalue weighted by atomic mass is 9.73. The monoisotopic (exact) mass is 399 g/mol. The molecule has 1 heterocycles. The first-order valence-electron chi connectivity index (χ1n) is 11.2. The summed E-state index contributed by atoms with van der Waals surface area (Å²) >= 11 is 0. The molecule has 1 aliphatic heterocycles. The van der Waals surface area contributed by atoms with Gasteiger partial charge in [-0.3, -0.25) is 14.5 Å². The van der Waals surface area contributed by atoms with E-state index in [0.29, 0.717) is 36.5 Å². The number of hydrogen-bond acceptors (Lipinski definition) is 4. The van der Waals surface area contributed by atoms with Gasteiger partial charge in [0.25, 0.3) is 0 Å². The molecule has 160 valence electrons. The van der Waals surface area contributed by atoms with Gasteiger partial charge in [0.05, 0.1) is 0 Å². The minimum absolute atomic E-state index is 0.230. The molecule has 1 amide bonds. The molecule has 0 unspecified atom stereocenters. The van der Waals surface area contributed by atoms with Gasteiger partial charge < -0.3 is 9.80 Å². The van der Waals surface area contributed by atoms with Crippen LogP contribution in [0.3, 0.4) is 0 Å². The maximum Gasteiger partial charge on any atom is 0.222 e. The van der Waals surface area contributed by atoms with Crippen molar-refractivity contribution < 1.29 is 9.59 Å². The number of rotatable bonds is 8. The zero-order chi connectivity index (χ0) is 20.8. The Kier molecular flexibility index (Phi) is 7.70. The van der Waals surface area contributed by atoms with E-state index in [2.05, 4.69) is 35.9 Å². The highest BCUT2D eigenvalue weighted by atomic mass is 16.2. The van der Waals surface area contributed by atoms with Crippen molar-refractivity contribution in [1.29, 1.82) is 0 Å². The molecule has 3 atom stereocenters. The predicted molar refractivity (Wildman–Crippen MR) is 118 cm³/mol. The molecule has 2 aliphatic rings. The predicted octanol–water partition coefficient (Wildman–Crippen LogP) is 3.44. The SMILES string of the molecule is CCCN1C[C@@H](CC(=O)N(C)CCN(C)c2ccccc2)C[C@@H]2CC(=O)CC[C@H]21. The molecule has 0 N–H and O–H groups in total. The van der Waals surface area contributed by atoms with Crippen LogP contribution < -0.4 is 4.90 Å². The number of benzene rings is 1. The zero-order valence-corrected chi connectivity index (χ0v) is 18.3. The van der Waals surface area contributed by atoms with Crippen LogP contribution in [0.25, 0.3) is 0 Å². The fraction of sp³-hybridized carbons (Fsp3) is 0.667. The summed E-state index contributed by atoms with van der Waals surface area (Å²) in [6.07, 6.45) is 5.22. The lowest BCUT2D eigenvalue weighted by Crippen LogP contribution is -2.52. The van der Waals surface area contributed by atoms with E-state index in [9.17, 15) is 9.59 Å². The first kappa shape index (κ1) is 21.8. The second-order valence-corrected chi connectivity index (χ2v) is 8.98. The number of amides is 1. The Morgan fingerprint density at radius 1 is 1.17 bits per heavy atom. The Balaban J connectivity index is 1.51. The number of Topliss-reactive ketones (excluding diaryl/α,β-unsaturated/α-hetero) is 1. The summed E-state index contributed by atoms with van der Waals surface area (Å²) in [5.74, 6) is 1.46. The number of piperidine rings is 1. The first-order chi connectivity index (χ1) is 14.0. The van der Waals surface area contributed by atoms with Crippen LogP contribution in [-0.4, -0.2) is 67.8 Å². The molecule has 1 saturated heterocycles. The van der Waals surface area contributed by atoms with E-state index < -0.39 is 0 Å². The van der Waals surface area contributed by atoms with Gasteiger partial charge in [0.15, 0.2) is 0 Å². The fourth-order valence-electron chi connectivity index (χ4n) is 5.10. The first-order valence-corrected chi connectivity index (χ1v) is 11.2. The summed E-state index contributed by atoms with van der Waals surface area (Å²) in [6, 6.07) is 10.8. The second kappa shape index (κ2) is 10.2. The Morgan fingerprint density at radius 2 is 1.93 bits per heavy atom. The summed E-state index contributed by atoms with van der Waals surface area (Å²) in [6.45, 7) is 5.84. The molecule has 0 aromatic heterocycles. The van der Waals surface area contributed by atoms with Crippen molar-refractivity contribution in [2.75, 3.05) is 45.2 Å². The van der Waals surface area contributed by atoms with Crippen molar-refractivity contribution >= 4 is 17.4 Å². The summed E-state index contributed by atoms with van der Waals surface area (Å²) < 4.78 is 0. The molecule has 5 nitrogen and oxygen atoms in total. The molecule has 1 aromatic rings. The number of carbonyl (C=O) groups excluding carboxylic acids is 2. The van der Waals surface area contributed by atoms with Gasteiger partial charge in [-0.25, -0.2) is 0 Å². The number of anilines is 1.